The summed E-state index contributed by atoms with van der Waals surface area (Å²) in [7, 11) is 0. The fourth-order valence-electron chi connectivity index (χ4n) is 3.55. The SMILES string of the molecule is N#CC1=C(N)Oc2cc(OC(=O)/C=C/c3ccccc3Cl)ccc2C1c1ccc([N+](=O)[O-])cc1. The molecular formula is C25H16ClN3O5. The number of rotatable bonds is 5. The van der Waals surface area contributed by atoms with Crippen molar-refractivity contribution in [2.24, 2.45) is 5.73 Å². The lowest BCUT2D eigenvalue weighted by Gasteiger charge is -2.26. The van der Waals surface area contributed by atoms with E-state index in [0.717, 1.165) is 0 Å². The molecule has 3 aromatic rings. The number of esters is 1. The number of nitro benzene ring substituents is 1. The van der Waals surface area contributed by atoms with Gasteiger partial charge in [-0.2, -0.15) is 5.26 Å². The van der Waals surface area contributed by atoms with Gasteiger partial charge in [-0.15, -0.1) is 0 Å². The molecule has 2 N–H and O–H groups in total. The van der Waals surface area contributed by atoms with E-state index < -0.39 is 16.8 Å². The van der Waals surface area contributed by atoms with Crippen molar-refractivity contribution < 1.29 is 19.2 Å². The lowest BCUT2D eigenvalue weighted by Crippen LogP contribution is -2.21. The van der Waals surface area contributed by atoms with Crippen LogP contribution in [0.4, 0.5) is 5.69 Å². The molecule has 1 aliphatic heterocycles. The number of nitriles is 1. The van der Waals surface area contributed by atoms with Crippen molar-refractivity contribution in [1.29, 1.82) is 5.26 Å². The minimum Gasteiger partial charge on any atom is -0.440 e. The number of carbonyl (C=O) groups is 1. The first kappa shape index (κ1) is 22.6. The quantitative estimate of drug-likeness (QED) is 0.180. The summed E-state index contributed by atoms with van der Waals surface area (Å²) in [6, 6.07) is 19.7. The van der Waals surface area contributed by atoms with E-state index in [1.807, 2.05) is 0 Å². The minimum absolute atomic E-state index is 0.0707. The Balaban J connectivity index is 1.61. The number of benzene rings is 3. The van der Waals surface area contributed by atoms with Gasteiger partial charge in [-0.25, -0.2) is 4.79 Å². The van der Waals surface area contributed by atoms with Crippen LogP contribution in [-0.4, -0.2) is 10.9 Å². The zero-order valence-electron chi connectivity index (χ0n) is 17.5. The minimum atomic E-state index is -0.621. The first-order chi connectivity index (χ1) is 16.4. The lowest BCUT2D eigenvalue weighted by molar-refractivity contribution is -0.384. The van der Waals surface area contributed by atoms with E-state index in [1.54, 1.807) is 54.6 Å². The fourth-order valence-corrected chi connectivity index (χ4v) is 3.75. The van der Waals surface area contributed by atoms with Gasteiger partial charge in [0.2, 0.25) is 5.88 Å². The average Bonchev–Trinajstić information content (AvgIpc) is 2.82. The molecule has 0 saturated heterocycles. The topological polar surface area (TPSA) is 128 Å². The Morgan fingerprint density at radius 3 is 2.59 bits per heavy atom. The van der Waals surface area contributed by atoms with E-state index in [1.165, 1.54) is 24.3 Å². The van der Waals surface area contributed by atoms with Gasteiger partial charge in [-0.1, -0.05) is 48.0 Å². The van der Waals surface area contributed by atoms with Crippen molar-refractivity contribution in [1.82, 2.24) is 0 Å². The van der Waals surface area contributed by atoms with E-state index in [2.05, 4.69) is 6.07 Å². The standard InChI is InChI=1S/C25H16ClN3O5/c26-21-4-2-1-3-15(21)7-12-23(30)33-18-10-11-19-22(13-18)34-25(28)20(14-27)24(19)16-5-8-17(9-6-16)29(31)32/h1-13,24H,28H2/b12-7+. The third kappa shape index (κ3) is 4.60. The van der Waals surface area contributed by atoms with Gasteiger partial charge in [0, 0.05) is 34.9 Å². The molecule has 0 saturated carbocycles. The van der Waals surface area contributed by atoms with Gasteiger partial charge in [-0.3, -0.25) is 10.1 Å². The second kappa shape index (κ2) is 9.48. The van der Waals surface area contributed by atoms with E-state index >= 15 is 0 Å². The van der Waals surface area contributed by atoms with Gasteiger partial charge in [0.1, 0.15) is 23.1 Å². The maximum atomic E-state index is 12.3. The van der Waals surface area contributed by atoms with Crippen molar-refractivity contribution in [2.45, 2.75) is 5.92 Å². The Labute approximate surface area is 199 Å². The van der Waals surface area contributed by atoms with Crippen LogP contribution in [0.3, 0.4) is 0 Å². The number of hydrogen-bond donors (Lipinski definition) is 1. The lowest BCUT2D eigenvalue weighted by atomic mass is 9.83. The smallest absolute Gasteiger partial charge is 0.336 e. The normalized spacial score (nSPS) is 14.8. The third-order valence-corrected chi connectivity index (χ3v) is 5.49. The maximum absolute atomic E-state index is 12.3. The number of ether oxygens (including phenoxy) is 2. The summed E-state index contributed by atoms with van der Waals surface area (Å²) in [5, 5.41) is 21.1. The first-order valence-electron chi connectivity index (χ1n) is 9.97. The van der Waals surface area contributed by atoms with E-state index in [9.17, 15) is 20.2 Å². The molecule has 0 spiro atoms. The summed E-state index contributed by atoms with van der Waals surface area (Å²) in [6.07, 6.45) is 2.80. The first-order valence-corrected chi connectivity index (χ1v) is 10.4. The number of allylic oxidation sites excluding steroid dienone is 1. The van der Waals surface area contributed by atoms with Crippen LogP contribution < -0.4 is 15.2 Å². The zero-order chi connectivity index (χ0) is 24.2. The number of non-ortho nitro benzene ring substituents is 1. The number of hydrogen-bond acceptors (Lipinski definition) is 7. The van der Waals surface area contributed by atoms with Crippen molar-refractivity contribution in [3.8, 4) is 17.6 Å². The molecule has 9 heteroatoms. The molecule has 0 amide bonds. The van der Waals surface area contributed by atoms with Crippen LogP contribution in [0.1, 0.15) is 22.6 Å². The van der Waals surface area contributed by atoms with Crippen LogP contribution in [-0.2, 0) is 4.79 Å². The largest absolute Gasteiger partial charge is 0.440 e. The molecule has 0 radical (unpaired) electrons. The van der Waals surface area contributed by atoms with Crippen LogP contribution in [0.5, 0.6) is 11.5 Å². The monoisotopic (exact) mass is 473 g/mol. The van der Waals surface area contributed by atoms with Gasteiger partial charge >= 0.3 is 5.97 Å². The van der Waals surface area contributed by atoms with Gasteiger partial charge in [-0.05, 0) is 29.3 Å². The van der Waals surface area contributed by atoms with Crippen molar-refractivity contribution in [2.75, 3.05) is 0 Å². The molecule has 0 aromatic heterocycles. The number of nitro groups is 1. The Bertz CT molecular complexity index is 1390. The molecule has 1 heterocycles. The molecule has 34 heavy (non-hydrogen) atoms. The van der Waals surface area contributed by atoms with Crippen LogP contribution in [0.2, 0.25) is 5.02 Å². The summed E-state index contributed by atoms with van der Waals surface area (Å²) in [4.78, 5) is 22.8. The summed E-state index contributed by atoms with van der Waals surface area (Å²) >= 11 is 6.08. The number of halogens is 1. The fraction of sp³-hybridized carbons (Fsp3) is 0.0400. The average molecular weight is 474 g/mol. The van der Waals surface area contributed by atoms with Crippen LogP contribution in [0.15, 0.2) is 84.3 Å². The van der Waals surface area contributed by atoms with Crippen molar-refractivity contribution in [3.63, 3.8) is 0 Å². The van der Waals surface area contributed by atoms with Gasteiger partial charge in [0.15, 0.2) is 0 Å². The molecule has 3 aromatic carbocycles. The summed E-state index contributed by atoms with van der Waals surface area (Å²) in [5.74, 6) is -0.799. The number of nitrogens with two attached hydrogens (primary N) is 1. The van der Waals surface area contributed by atoms with Gasteiger partial charge < -0.3 is 15.2 Å². The number of fused-ring (bicyclic) bond motifs is 1. The van der Waals surface area contributed by atoms with Crippen LogP contribution >= 0.6 is 11.6 Å². The van der Waals surface area contributed by atoms with E-state index in [0.29, 0.717) is 27.5 Å². The van der Waals surface area contributed by atoms with Crippen LogP contribution in [0.25, 0.3) is 6.08 Å². The molecule has 1 atom stereocenters. The second-order valence-electron chi connectivity index (χ2n) is 7.25. The Kier molecular flexibility index (Phi) is 6.30. The summed E-state index contributed by atoms with van der Waals surface area (Å²) < 4.78 is 11.0. The molecule has 4 rings (SSSR count). The molecule has 0 fully saturated rings. The second-order valence-corrected chi connectivity index (χ2v) is 7.66. The predicted molar refractivity (Wildman–Crippen MR) is 125 cm³/mol. The summed E-state index contributed by atoms with van der Waals surface area (Å²) in [6.45, 7) is 0. The Morgan fingerprint density at radius 1 is 1.18 bits per heavy atom. The third-order valence-electron chi connectivity index (χ3n) is 5.15. The molecule has 1 unspecified atom stereocenters. The van der Waals surface area contributed by atoms with Gasteiger partial charge in [0.05, 0.1) is 10.8 Å². The number of carbonyl (C=O) groups excluding carboxylic acids is 1. The highest BCUT2D eigenvalue weighted by Crippen LogP contribution is 2.43. The van der Waals surface area contributed by atoms with E-state index in [4.69, 9.17) is 26.8 Å². The molecule has 0 bridgehead atoms. The number of nitrogens with zero attached hydrogens (tertiary/aromatic N) is 2. The molecule has 1 aliphatic rings. The van der Waals surface area contributed by atoms with Crippen molar-refractivity contribution in [3.05, 3.63) is 116 Å². The van der Waals surface area contributed by atoms with E-state index in [-0.39, 0.29) is 22.9 Å². The Morgan fingerprint density at radius 2 is 1.91 bits per heavy atom. The highest BCUT2D eigenvalue weighted by molar-refractivity contribution is 6.32. The van der Waals surface area contributed by atoms with Crippen LogP contribution in [0, 0.1) is 21.4 Å². The maximum Gasteiger partial charge on any atom is 0.336 e. The summed E-state index contributed by atoms with van der Waals surface area (Å²) in [5.41, 5.74) is 7.99. The zero-order valence-corrected chi connectivity index (χ0v) is 18.2. The highest BCUT2D eigenvalue weighted by Gasteiger charge is 2.31. The molecule has 0 aliphatic carbocycles. The Hall–Kier alpha value is -4.61. The molecule has 168 valence electrons. The molecule has 8 nitrogen and oxygen atoms in total. The predicted octanol–water partition coefficient (Wildman–Crippen LogP) is 5.09. The van der Waals surface area contributed by atoms with Crippen molar-refractivity contribution >= 4 is 29.3 Å². The highest BCUT2D eigenvalue weighted by atomic mass is 35.5. The van der Waals surface area contributed by atoms with Gasteiger partial charge in [0.25, 0.3) is 5.69 Å². The molecular weight excluding hydrogens is 458 g/mol.